The van der Waals surface area contributed by atoms with Crippen LogP contribution in [-0.4, -0.2) is 69.2 Å². The summed E-state index contributed by atoms with van der Waals surface area (Å²) in [5.74, 6) is 0.0237. The van der Waals surface area contributed by atoms with Crippen LogP contribution in [0.4, 0.5) is 14.0 Å². The quantitative estimate of drug-likeness (QED) is 0.231. The Bertz CT molecular complexity index is 1680. The smallest absolute Gasteiger partial charge is 0.410 e. The number of benzene rings is 2. The summed E-state index contributed by atoms with van der Waals surface area (Å²) < 4.78 is 26.3. The first kappa shape index (κ1) is 32.2. The number of ether oxygens (including phenoxy) is 2. The second-order valence-corrected chi connectivity index (χ2v) is 13.4. The molecule has 2 aliphatic rings. The lowest BCUT2D eigenvalue weighted by Gasteiger charge is -2.42. The number of piperidine rings is 1. The zero-order valence-corrected chi connectivity index (χ0v) is 27.2. The molecule has 10 nitrogen and oxygen atoms in total. The average Bonchev–Trinajstić information content (AvgIpc) is 3.63. The highest BCUT2D eigenvalue weighted by Crippen LogP contribution is 2.44. The van der Waals surface area contributed by atoms with Gasteiger partial charge in [0.15, 0.2) is 11.6 Å². The van der Waals surface area contributed by atoms with Crippen LogP contribution in [0.1, 0.15) is 69.2 Å². The van der Waals surface area contributed by atoms with E-state index in [0.717, 1.165) is 22.9 Å². The number of carbonyl (C=O) groups is 2. The third-order valence-electron chi connectivity index (χ3n) is 8.89. The van der Waals surface area contributed by atoms with Gasteiger partial charge in [-0.25, -0.2) is 23.6 Å². The van der Waals surface area contributed by atoms with Crippen LogP contribution in [0.5, 0.6) is 0 Å². The zero-order chi connectivity index (χ0) is 33.2. The highest BCUT2D eigenvalue weighted by molar-refractivity contribution is 5.79. The lowest BCUT2D eigenvalue weighted by molar-refractivity contribution is 0.0144. The molecule has 1 aliphatic heterocycles. The molecular formula is C36H41FN6O4. The van der Waals surface area contributed by atoms with Gasteiger partial charge in [-0.15, -0.1) is 0 Å². The maximum absolute atomic E-state index is 13.5. The Morgan fingerprint density at radius 2 is 1.66 bits per heavy atom. The Labute approximate surface area is 274 Å². The van der Waals surface area contributed by atoms with Crippen LogP contribution < -0.4 is 10.6 Å². The van der Waals surface area contributed by atoms with Gasteiger partial charge in [0.05, 0.1) is 17.9 Å². The molecule has 0 radical (unpaired) electrons. The summed E-state index contributed by atoms with van der Waals surface area (Å²) in [7, 11) is 0. The summed E-state index contributed by atoms with van der Waals surface area (Å²) in [6.07, 6.45) is 4.30. The van der Waals surface area contributed by atoms with E-state index in [1.807, 2.05) is 58.0 Å². The number of pyridine rings is 1. The molecule has 1 aliphatic carbocycles. The molecule has 246 valence electrons. The number of nitrogens with one attached hydrogen (secondary N) is 2. The lowest BCUT2D eigenvalue weighted by atomic mass is 9.87. The van der Waals surface area contributed by atoms with Gasteiger partial charge in [-0.3, -0.25) is 0 Å². The highest BCUT2D eigenvalue weighted by Gasteiger charge is 2.39. The maximum atomic E-state index is 13.5. The van der Waals surface area contributed by atoms with E-state index in [1.165, 1.54) is 22.0 Å². The Balaban J connectivity index is 1.13. The van der Waals surface area contributed by atoms with Crippen molar-refractivity contribution in [2.45, 2.75) is 63.6 Å². The fourth-order valence-electron chi connectivity index (χ4n) is 6.32. The van der Waals surface area contributed by atoms with Crippen molar-refractivity contribution < 1.29 is 23.5 Å². The minimum Gasteiger partial charge on any atom is -0.449 e. The van der Waals surface area contributed by atoms with E-state index in [-0.39, 0.29) is 24.7 Å². The summed E-state index contributed by atoms with van der Waals surface area (Å²) in [4.78, 5) is 32.4. The van der Waals surface area contributed by atoms with Crippen LogP contribution in [-0.2, 0) is 9.47 Å². The largest absolute Gasteiger partial charge is 0.449 e. The molecule has 2 aromatic heterocycles. The normalized spacial score (nSPS) is 16.2. The second-order valence-electron chi connectivity index (χ2n) is 13.4. The number of alkyl carbamates (subject to hydrolysis) is 1. The molecule has 0 unspecified atom stereocenters. The Kier molecular flexibility index (Phi) is 9.01. The molecule has 0 saturated carbocycles. The van der Waals surface area contributed by atoms with E-state index in [2.05, 4.69) is 45.0 Å². The van der Waals surface area contributed by atoms with Crippen molar-refractivity contribution in [3.8, 4) is 16.9 Å². The molecular weight excluding hydrogens is 599 g/mol. The van der Waals surface area contributed by atoms with Crippen molar-refractivity contribution in [3.05, 3.63) is 102 Å². The molecule has 11 heteroatoms. The molecule has 4 aromatic rings. The predicted octanol–water partition coefficient (Wildman–Crippen LogP) is 6.37. The van der Waals surface area contributed by atoms with Gasteiger partial charge in [0, 0.05) is 37.8 Å². The number of halogens is 1. The molecule has 2 amide bonds. The average molecular weight is 641 g/mol. The number of aromatic nitrogens is 3. The standard InChI is InChI=1S/C36H41FN6O4/c1-24(25-13-14-32(38-19-25)43-21-26(37)20-40-43)39-23-36(15-17-42(18-16-36)34(45)47-35(2,3)4)41-33(44)46-22-31-29-11-7-5-9-27(29)28-10-6-8-12-30(28)31/h5-14,19-21,24,31,39H,15-18,22-23H2,1-4H3,(H,41,44)/t24-/m0/s1. The van der Waals surface area contributed by atoms with Crippen molar-refractivity contribution in [3.63, 3.8) is 0 Å². The number of nitrogens with zero attached hydrogens (tertiary/aromatic N) is 4. The number of hydrogen-bond acceptors (Lipinski definition) is 7. The number of hydrogen-bond donors (Lipinski definition) is 2. The van der Waals surface area contributed by atoms with Gasteiger partial charge in [0.2, 0.25) is 0 Å². The van der Waals surface area contributed by atoms with E-state index < -0.39 is 23.1 Å². The van der Waals surface area contributed by atoms with Crippen LogP contribution in [0.25, 0.3) is 16.9 Å². The molecule has 0 spiro atoms. The molecule has 2 N–H and O–H groups in total. The Morgan fingerprint density at radius 3 is 2.23 bits per heavy atom. The van der Waals surface area contributed by atoms with E-state index in [4.69, 9.17) is 9.47 Å². The van der Waals surface area contributed by atoms with Gasteiger partial charge in [-0.2, -0.15) is 5.10 Å². The number of fused-ring (bicyclic) bond motifs is 3. The summed E-state index contributed by atoms with van der Waals surface area (Å²) in [5, 5.41) is 10.7. The first-order valence-corrected chi connectivity index (χ1v) is 16.0. The number of rotatable bonds is 8. The highest BCUT2D eigenvalue weighted by atomic mass is 19.1. The Hall–Kier alpha value is -4.77. The zero-order valence-electron chi connectivity index (χ0n) is 27.2. The number of amides is 2. The third kappa shape index (κ3) is 7.30. The van der Waals surface area contributed by atoms with Crippen LogP contribution in [0.3, 0.4) is 0 Å². The second kappa shape index (κ2) is 13.2. The summed E-state index contributed by atoms with van der Waals surface area (Å²) in [6.45, 7) is 9.04. The molecule has 3 heterocycles. The predicted molar refractivity (Wildman–Crippen MR) is 176 cm³/mol. The van der Waals surface area contributed by atoms with Crippen LogP contribution >= 0.6 is 0 Å². The molecule has 1 atom stereocenters. The first-order chi connectivity index (χ1) is 22.5. The third-order valence-corrected chi connectivity index (χ3v) is 8.89. The van der Waals surface area contributed by atoms with Crippen molar-refractivity contribution in [1.29, 1.82) is 0 Å². The molecule has 47 heavy (non-hydrogen) atoms. The van der Waals surface area contributed by atoms with E-state index in [0.29, 0.717) is 38.3 Å². The van der Waals surface area contributed by atoms with Gasteiger partial charge in [-0.05, 0) is 74.4 Å². The van der Waals surface area contributed by atoms with Gasteiger partial charge < -0.3 is 25.0 Å². The van der Waals surface area contributed by atoms with Crippen LogP contribution in [0.15, 0.2) is 79.3 Å². The van der Waals surface area contributed by atoms with Crippen molar-refractivity contribution in [2.75, 3.05) is 26.2 Å². The maximum Gasteiger partial charge on any atom is 0.410 e. The monoisotopic (exact) mass is 640 g/mol. The fraction of sp³-hybridized carbons (Fsp3) is 0.389. The van der Waals surface area contributed by atoms with Gasteiger partial charge in [0.1, 0.15) is 12.2 Å². The SMILES string of the molecule is C[C@H](NCC1(NC(=O)OCC2c3ccccc3-c3ccccc32)CCN(C(=O)OC(C)(C)C)CC1)c1ccc(-n2cc(F)cn2)nc1. The summed E-state index contributed by atoms with van der Waals surface area (Å²) in [6, 6.07) is 20.1. The Morgan fingerprint density at radius 1 is 1.00 bits per heavy atom. The molecule has 1 saturated heterocycles. The minimum absolute atomic E-state index is 0.0510. The van der Waals surface area contributed by atoms with E-state index in [1.54, 1.807) is 17.2 Å². The van der Waals surface area contributed by atoms with E-state index >= 15 is 0 Å². The fourth-order valence-corrected chi connectivity index (χ4v) is 6.32. The minimum atomic E-state index is -0.671. The molecule has 0 bridgehead atoms. The summed E-state index contributed by atoms with van der Waals surface area (Å²) >= 11 is 0. The molecule has 6 rings (SSSR count). The van der Waals surface area contributed by atoms with Crippen molar-refractivity contribution in [2.24, 2.45) is 0 Å². The van der Waals surface area contributed by atoms with Crippen molar-refractivity contribution in [1.82, 2.24) is 30.3 Å². The number of carbonyl (C=O) groups excluding carboxylic acids is 2. The molecule has 2 aromatic carbocycles. The van der Waals surface area contributed by atoms with Crippen molar-refractivity contribution >= 4 is 12.2 Å². The van der Waals surface area contributed by atoms with E-state index in [9.17, 15) is 14.0 Å². The number of likely N-dealkylation sites (tertiary alicyclic amines) is 1. The van der Waals surface area contributed by atoms with Crippen LogP contribution in [0.2, 0.25) is 0 Å². The van der Waals surface area contributed by atoms with Gasteiger partial charge in [0.25, 0.3) is 0 Å². The van der Waals surface area contributed by atoms with Gasteiger partial charge >= 0.3 is 12.2 Å². The summed E-state index contributed by atoms with van der Waals surface area (Å²) in [5.41, 5.74) is 4.28. The van der Waals surface area contributed by atoms with Crippen LogP contribution in [0, 0.1) is 5.82 Å². The van der Waals surface area contributed by atoms with Gasteiger partial charge in [-0.1, -0.05) is 54.6 Å². The topological polar surface area (TPSA) is 111 Å². The molecule has 1 fully saturated rings. The first-order valence-electron chi connectivity index (χ1n) is 16.0. The lowest BCUT2D eigenvalue weighted by Crippen LogP contribution is -2.61.